The van der Waals surface area contributed by atoms with Crippen LogP contribution in [0.1, 0.15) is 19.1 Å². The molecule has 0 saturated heterocycles. The van der Waals surface area contributed by atoms with Crippen molar-refractivity contribution in [1.82, 2.24) is 10.5 Å². The minimum Gasteiger partial charge on any atom is -0.360 e. The van der Waals surface area contributed by atoms with E-state index in [2.05, 4.69) is 26.4 Å². The van der Waals surface area contributed by atoms with Gasteiger partial charge < -0.3 is 9.84 Å². The molecule has 0 saturated carbocycles. The monoisotopic (exact) mass is 246 g/mol. The summed E-state index contributed by atoms with van der Waals surface area (Å²) in [6, 6.07) is 1.72. The molecule has 1 atom stereocenters. The number of hydrogen-bond acceptors (Lipinski definition) is 3. The molecule has 1 aromatic rings. The highest BCUT2D eigenvalue weighted by atomic mass is 79.9. The lowest BCUT2D eigenvalue weighted by Gasteiger charge is -2.06. The Bertz CT molecular complexity index is 261. The van der Waals surface area contributed by atoms with Crippen molar-refractivity contribution in [2.24, 2.45) is 0 Å². The van der Waals surface area contributed by atoms with E-state index in [1.807, 2.05) is 6.92 Å². The SMILES string of the molecule is CCC(Br)C(=O)NCc1ccno1. The van der Waals surface area contributed by atoms with E-state index in [0.717, 1.165) is 6.42 Å². The first-order chi connectivity index (χ1) is 6.24. The maximum atomic E-state index is 11.2. The van der Waals surface area contributed by atoms with Crippen molar-refractivity contribution in [2.45, 2.75) is 24.7 Å². The van der Waals surface area contributed by atoms with Crippen molar-refractivity contribution in [3.05, 3.63) is 18.0 Å². The maximum absolute atomic E-state index is 11.2. The Morgan fingerprint density at radius 3 is 3.15 bits per heavy atom. The molecule has 0 bridgehead atoms. The van der Waals surface area contributed by atoms with Crippen LogP contribution < -0.4 is 5.32 Å². The molecule has 0 fully saturated rings. The molecule has 0 radical (unpaired) electrons. The molecule has 13 heavy (non-hydrogen) atoms. The Labute approximate surface area is 84.8 Å². The van der Waals surface area contributed by atoms with Gasteiger partial charge in [0.05, 0.1) is 17.6 Å². The van der Waals surface area contributed by atoms with Crippen LogP contribution in [0.25, 0.3) is 0 Å². The molecular weight excluding hydrogens is 236 g/mol. The molecule has 1 unspecified atom stereocenters. The van der Waals surface area contributed by atoms with Crippen LogP contribution in [0.15, 0.2) is 16.8 Å². The summed E-state index contributed by atoms with van der Waals surface area (Å²) in [7, 11) is 0. The van der Waals surface area contributed by atoms with E-state index < -0.39 is 0 Å². The third-order valence-electron chi connectivity index (χ3n) is 1.57. The first kappa shape index (κ1) is 10.2. The van der Waals surface area contributed by atoms with Crippen LogP contribution in [-0.2, 0) is 11.3 Å². The maximum Gasteiger partial charge on any atom is 0.234 e. The Balaban J connectivity index is 2.31. The second-order valence-electron chi connectivity index (χ2n) is 2.57. The average molecular weight is 247 g/mol. The predicted octanol–water partition coefficient (Wildman–Crippen LogP) is 1.46. The fourth-order valence-electron chi connectivity index (χ4n) is 0.804. The summed E-state index contributed by atoms with van der Waals surface area (Å²) in [5.41, 5.74) is 0. The van der Waals surface area contributed by atoms with E-state index in [1.165, 1.54) is 0 Å². The standard InChI is InChI=1S/C8H11BrN2O2/c1-2-7(9)8(12)10-5-6-3-4-11-13-6/h3-4,7H,2,5H2,1H3,(H,10,12). The summed E-state index contributed by atoms with van der Waals surface area (Å²) in [5.74, 6) is 0.628. The van der Waals surface area contributed by atoms with Gasteiger partial charge in [-0.15, -0.1) is 0 Å². The molecule has 1 aromatic heterocycles. The van der Waals surface area contributed by atoms with Crippen molar-refractivity contribution in [3.63, 3.8) is 0 Å². The van der Waals surface area contributed by atoms with Gasteiger partial charge in [0, 0.05) is 6.07 Å². The first-order valence-corrected chi connectivity index (χ1v) is 4.97. The number of rotatable bonds is 4. The van der Waals surface area contributed by atoms with E-state index in [4.69, 9.17) is 4.52 Å². The molecule has 0 aliphatic carbocycles. The van der Waals surface area contributed by atoms with Crippen LogP contribution in [0.3, 0.4) is 0 Å². The molecule has 0 spiro atoms. The number of halogens is 1. The lowest BCUT2D eigenvalue weighted by atomic mass is 10.3. The van der Waals surface area contributed by atoms with Gasteiger partial charge >= 0.3 is 0 Å². The first-order valence-electron chi connectivity index (χ1n) is 4.05. The lowest BCUT2D eigenvalue weighted by Crippen LogP contribution is -2.29. The third kappa shape index (κ3) is 3.18. The molecule has 0 aliphatic rings. The molecule has 0 aromatic carbocycles. The number of nitrogens with zero attached hydrogens (tertiary/aromatic N) is 1. The predicted molar refractivity (Wildman–Crippen MR) is 51.4 cm³/mol. The van der Waals surface area contributed by atoms with E-state index in [-0.39, 0.29) is 10.7 Å². The van der Waals surface area contributed by atoms with Crippen molar-refractivity contribution in [2.75, 3.05) is 0 Å². The Morgan fingerprint density at radius 1 is 1.85 bits per heavy atom. The molecular formula is C8H11BrN2O2. The van der Waals surface area contributed by atoms with E-state index in [0.29, 0.717) is 12.3 Å². The zero-order valence-electron chi connectivity index (χ0n) is 7.29. The van der Waals surface area contributed by atoms with Crippen molar-refractivity contribution in [3.8, 4) is 0 Å². The normalized spacial score (nSPS) is 12.5. The van der Waals surface area contributed by atoms with Crippen LogP contribution in [0.4, 0.5) is 0 Å². The van der Waals surface area contributed by atoms with Gasteiger partial charge in [0.25, 0.3) is 0 Å². The van der Waals surface area contributed by atoms with Crippen molar-refractivity contribution in [1.29, 1.82) is 0 Å². The van der Waals surface area contributed by atoms with Crippen molar-refractivity contribution >= 4 is 21.8 Å². The van der Waals surface area contributed by atoms with Crippen molar-refractivity contribution < 1.29 is 9.32 Å². The van der Waals surface area contributed by atoms with Gasteiger partial charge in [-0.05, 0) is 6.42 Å². The Kier molecular flexibility index (Phi) is 3.95. The van der Waals surface area contributed by atoms with E-state index in [1.54, 1.807) is 12.3 Å². The molecule has 1 rings (SSSR count). The van der Waals surface area contributed by atoms with Gasteiger partial charge in [-0.3, -0.25) is 4.79 Å². The molecule has 1 N–H and O–H groups in total. The molecule has 4 nitrogen and oxygen atoms in total. The fraction of sp³-hybridized carbons (Fsp3) is 0.500. The van der Waals surface area contributed by atoms with Gasteiger partial charge in [0.1, 0.15) is 0 Å². The second-order valence-corrected chi connectivity index (χ2v) is 3.68. The molecule has 1 amide bonds. The largest absolute Gasteiger partial charge is 0.360 e. The Morgan fingerprint density at radius 2 is 2.62 bits per heavy atom. The number of alkyl halides is 1. The number of hydrogen-bond donors (Lipinski definition) is 1. The summed E-state index contributed by atoms with van der Waals surface area (Å²) in [6.07, 6.45) is 2.31. The van der Waals surface area contributed by atoms with Crippen LogP contribution in [-0.4, -0.2) is 15.9 Å². The number of amides is 1. The molecule has 5 heteroatoms. The second kappa shape index (κ2) is 5.01. The summed E-state index contributed by atoms with van der Waals surface area (Å²) >= 11 is 3.25. The zero-order chi connectivity index (χ0) is 9.68. The van der Waals surface area contributed by atoms with Gasteiger partial charge in [0.15, 0.2) is 5.76 Å². The number of aromatic nitrogens is 1. The van der Waals surface area contributed by atoms with E-state index in [9.17, 15) is 4.79 Å². The highest BCUT2D eigenvalue weighted by Crippen LogP contribution is 2.04. The van der Waals surface area contributed by atoms with Gasteiger partial charge in [-0.1, -0.05) is 28.0 Å². The van der Waals surface area contributed by atoms with Crippen LogP contribution in [0, 0.1) is 0 Å². The summed E-state index contributed by atoms with van der Waals surface area (Å²) < 4.78 is 4.82. The fourth-order valence-corrected chi connectivity index (χ4v) is 0.966. The average Bonchev–Trinajstić information content (AvgIpc) is 2.65. The minimum absolute atomic E-state index is 0.0288. The van der Waals surface area contributed by atoms with E-state index >= 15 is 0 Å². The highest BCUT2D eigenvalue weighted by molar-refractivity contribution is 9.10. The number of nitrogens with one attached hydrogen (secondary N) is 1. The lowest BCUT2D eigenvalue weighted by molar-refractivity contribution is -0.120. The summed E-state index contributed by atoms with van der Waals surface area (Å²) in [5, 5.41) is 6.24. The van der Waals surface area contributed by atoms with Crippen LogP contribution in [0.5, 0.6) is 0 Å². The minimum atomic E-state index is -0.129. The van der Waals surface area contributed by atoms with Gasteiger partial charge in [-0.25, -0.2) is 0 Å². The van der Waals surface area contributed by atoms with Gasteiger partial charge in [0.2, 0.25) is 5.91 Å². The molecule has 72 valence electrons. The zero-order valence-corrected chi connectivity index (χ0v) is 8.87. The highest BCUT2D eigenvalue weighted by Gasteiger charge is 2.11. The molecule has 1 heterocycles. The topological polar surface area (TPSA) is 55.1 Å². The van der Waals surface area contributed by atoms with Crippen LogP contribution >= 0.6 is 15.9 Å². The quantitative estimate of drug-likeness (QED) is 0.819. The third-order valence-corrected chi connectivity index (χ3v) is 2.63. The molecule has 0 aliphatic heterocycles. The Hall–Kier alpha value is -0.840. The summed E-state index contributed by atoms with van der Waals surface area (Å²) in [6.45, 7) is 2.33. The smallest absolute Gasteiger partial charge is 0.234 e. The number of carbonyl (C=O) groups excluding carboxylic acids is 1. The summed E-state index contributed by atoms with van der Waals surface area (Å²) in [4.78, 5) is 11.1. The van der Waals surface area contributed by atoms with Crippen LogP contribution in [0.2, 0.25) is 0 Å². The van der Waals surface area contributed by atoms with Gasteiger partial charge in [-0.2, -0.15) is 0 Å². The number of carbonyl (C=O) groups is 1.